The molecule has 2 rings (SSSR count). The number of aromatic nitrogens is 2. The van der Waals surface area contributed by atoms with Gasteiger partial charge in [0.15, 0.2) is 0 Å². The molecule has 0 aliphatic heterocycles. The Bertz CT molecular complexity index is 372. The maximum atomic E-state index is 6.62. The van der Waals surface area contributed by atoms with E-state index in [0.29, 0.717) is 0 Å². The largest absolute Gasteiger partial charge is 0.325 e. The van der Waals surface area contributed by atoms with E-state index in [1.165, 1.54) is 50.5 Å². The van der Waals surface area contributed by atoms with Crippen LogP contribution in [0.1, 0.15) is 57.4 Å². The lowest BCUT2D eigenvalue weighted by molar-refractivity contribution is 0.355. The van der Waals surface area contributed by atoms with Crippen molar-refractivity contribution in [2.24, 2.45) is 18.7 Å². The molecule has 18 heavy (non-hydrogen) atoms. The Labute approximate surface area is 111 Å². The number of nitrogens with two attached hydrogens (primary N) is 1. The van der Waals surface area contributed by atoms with Crippen LogP contribution in [-0.2, 0) is 13.5 Å². The molecule has 0 amide bonds. The minimum Gasteiger partial charge on any atom is -0.325 e. The monoisotopic (exact) mass is 249 g/mol. The molecule has 0 saturated heterocycles. The van der Waals surface area contributed by atoms with E-state index >= 15 is 0 Å². The Hall–Kier alpha value is -0.830. The summed E-state index contributed by atoms with van der Waals surface area (Å²) in [6.45, 7) is 2.29. The van der Waals surface area contributed by atoms with Crippen molar-refractivity contribution in [1.29, 1.82) is 0 Å². The zero-order valence-corrected chi connectivity index (χ0v) is 11.9. The zero-order chi connectivity index (χ0) is 13.0. The highest BCUT2D eigenvalue weighted by Crippen LogP contribution is 2.33. The second-order valence-electron chi connectivity index (χ2n) is 6.15. The van der Waals surface area contributed by atoms with Crippen LogP contribution in [0.15, 0.2) is 12.4 Å². The average molecular weight is 249 g/mol. The summed E-state index contributed by atoms with van der Waals surface area (Å²) in [6.07, 6.45) is 14.1. The summed E-state index contributed by atoms with van der Waals surface area (Å²) in [5.74, 6) is 0.911. The molecule has 1 aliphatic rings. The standard InChI is InChI=1S/C15H27N3/c1-3-5-13-6-4-8-15(16,9-7-13)10-14-11-17-18(2)12-14/h11-13H,3-10,16H2,1-2H3. The Morgan fingerprint density at radius 3 is 2.94 bits per heavy atom. The van der Waals surface area contributed by atoms with Gasteiger partial charge < -0.3 is 5.73 Å². The first-order valence-corrected chi connectivity index (χ1v) is 7.38. The molecule has 1 aromatic rings. The van der Waals surface area contributed by atoms with E-state index in [1.54, 1.807) is 0 Å². The van der Waals surface area contributed by atoms with Crippen LogP contribution in [0.4, 0.5) is 0 Å². The van der Waals surface area contributed by atoms with Crippen LogP contribution in [0.5, 0.6) is 0 Å². The molecule has 1 heterocycles. The summed E-state index contributed by atoms with van der Waals surface area (Å²) in [5.41, 5.74) is 7.91. The Kier molecular flexibility index (Phi) is 4.44. The van der Waals surface area contributed by atoms with Gasteiger partial charge in [-0.25, -0.2) is 0 Å². The minimum absolute atomic E-state index is 0.00548. The molecule has 3 nitrogen and oxygen atoms in total. The van der Waals surface area contributed by atoms with Crippen molar-refractivity contribution < 1.29 is 0 Å². The van der Waals surface area contributed by atoms with Gasteiger partial charge in [0.25, 0.3) is 0 Å². The number of hydrogen-bond donors (Lipinski definition) is 1. The quantitative estimate of drug-likeness (QED) is 0.834. The molecule has 2 atom stereocenters. The molecular formula is C15H27N3. The maximum Gasteiger partial charge on any atom is 0.0522 e. The third-order valence-electron chi connectivity index (χ3n) is 4.35. The van der Waals surface area contributed by atoms with Crippen LogP contribution in [0.3, 0.4) is 0 Å². The van der Waals surface area contributed by atoms with Gasteiger partial charge in [0.1, 0.15) is 0 Å². The number of rotatable bonds is 4. The van der Waals surface area contributed by atoms with Gasteiger partial charge in [0.2, 0.25) is 0 Å². The molecule has 1 saturated carbocycles. The molecule has 3 heteroatoms. The van der Waals surface area contributed by atoms with Crippen molar-refractivity contribution in [1.82, 2.24) is 9.78 Å². The predicted octanol–water partition coefficient (Wildman–Crippen LogP) is 3.04. The molecule has 102 valence electrons. The fourth-order valence-corrected chi connectivity index (χ4v) is 3.35. The van der Waals surface area contributed by atoms with E-state index < -0.39 is 0 Å². The molecule has 0 spiro atoms. The molecule has 2 unspecified atom stereocenters. The molecule has 1 aromatic heterocycles. The van der Waals surface area contributed by atoms with Crippen LogP contribution in [0, 0.1) is 5.92 Å². The molecule has 0 radical (unpaired) electrons. The van der Waals surface area contributed by atoms with Crippen LogP contribution >= 0.6 is 0 Å². The van der Waals surface area contributed by atoms with Crippen molar-refractivity contribution in [3.63, 3.8) is 0 Å². The third kappa shape index (κ3) is 3.58. The van der Waals surface area contributed by atoms with Crippen LogP contribution in [0.2, 0.25) is 0 Å². The second kappa shape index (κ2) is 5.87. The summed E-state index contributed by atoms with van der Waals surface area (Å²) < 4.78 is 1.87. The Balaban J connectivity index is 1.94. The van der Waals surface area contributed by atoms with E-state index in [1.807, 2.05) is 17.9 Å². The van der Waals surface area contributed by atoms with Gasteiger partial charge in [-0.1, -0.05) is 32.6 Å². The summed E-state index contributed by atoms with van der Waals surface area (Å²) in [4.78, 5) is 0. The van der Waals surface area contributed by atoms with Crippen LogP contribution < -0.4 is 5.73 Å². The number of aryl methyl sites for hydroxylation is 1. The van der Waals surface area contributed by atoms with Gasteiger partial charge in [0, 0.05) is 18.8 Å². The number of hydrogen-bond acceptors (Lipinski definition) is 2. The van der Waals surface area contributed by atoms with Crippen molar-refractivity contribution in [2.45, 2.75) is 63.8 Å². The molecule has 1 aliphatic carbocycles. The smallest absolute Gasteiger partial charge is 0.0522 e. The lowest BCUT2D eigenvalue weighted by atomic mass is 9.85. The Morgan fingerprint density at radius 1 is 1.44 bits per heavy atom. The van der Waals surface area contributed by atoms with E-state index in [-0.39, 0.29) is 5.54 Å². The van der Waals surface area contributed by atoms with E-state index in [9.17, 15) is 0 Å². The van der Waals surface area contributed by atoms with Gasteiger partial charge in [-0.2, -0.15) is 5.10 Å². The summed E-state index contributed by atoms with van der Waals surface area (Å²) in [5, 5.41) is 4.24. The highest BCUT2D eigenvalue weighted by Gasteiger charge is 2.29. The molecule has 0 bridgehead atoms. The van der Waals surface area contributed by atoms with Crippen molar-refractivity contribution in [3.05, 3.63) is 18.0 Å². The van der Waals surface area contributed by atoms with Crippen molar-refractivity contribution in [3.8, 4) is 0 Å². The van der Waals surface area contributed by atoms with E-state index in [4.69, 9.17) is 5.73 Å². The SMILES string of the molecule is CCCC1CCCC(N)(Cc2cnn(C)c2)CC1. The number of nitrogens with zero attached hydrogens (tertiary/aromatic N) is 2. The first-order valence-electron chi connectivity index (χ1n) is 7.38. The predicted molar refractivity (Wildman–Crippen MR) is 75.3 cm³/mol. The summed E-state index contributed by atoms with van der Waals surface area (Å²) in [6, 6.07) is 0. The van der Waals surface area contributed by atoms with Gasteiger partial charge in [-0.3, -0.25) is 4.68 Å². The second-order valence-corrected chi connectivity index (χ2v) is 6.15. The van der Waals surface area contributed by atoms with Gasteiger partial charge in [0.05, 0.1) is 6.20 Å². The molecular weight excluding hydrogens is 222 g/mol. The minimum atomic E-state index is 0.00548. The lowest BCUT2D eigenvalue weighted by Crippen LogP contribution is -2.41. The van der Waals surface area contributed by atoms with Gasteiger partial charge in [-0.05, 0) is 37.2 Å². The highest BCUT2D eigenvalue weighted by atomic mass is 15.2. The topological polar surface area (TPSA) is 43.8 Å². The highest BCUT2D eigenvalue weighted by molar-refractivity contribution is 5.10. The van der Waals surface area contributed by atoms with Gasteiger partial charge in [-0.15, -0.1) is 0 Å². The lowest BCUT2D eigenvalue weighted by Gasteiger charge is -2.27. The van der Waals surface area contributed by atoms with Crippen molar-refractivity contribution >= 4 is 0 Å². The van der Waals surface area contributed by atoms with E-state index in [2.05, 4.69) is 18.2 Å². The average Bonchev–Trinajstić information content (AvgIpc) is 2.62. The first kappa shape index (κ1) is 13.6. The van der Waals surface area contributed by atoms with Crippen molar-refractivity contribution in [2.75, 3.05) is 0 Å². The van der Waals surface area contributed by atoms with E-state index in [0.717, 1.165) is 12.3 Å². The summed E-state index contributed by atoms with van der Waals surface area (Å²) in [7, 11) is 1.97. The third-order valence-corrected chi connectivity index (χ3v) is 4.35. The zero-order valence-electron chi connectivity index (χ0n) is 11.9. The maximum absolute atomic E-state index is 6.62. The fourth-order valence-electron chi connectivity index (χ4n) is 3.35. The molecule has 2 N–H and O–H groups in total. The van der Waals surface area contributed by atoms with Crippen LogP contribution in [0.25, 0.3) is 0 Å². The molecule has 0 aromatic carbocycles. The van der Waals surface area contributed by atoms with Crippen LogP contribution in [-0.4, -0.2) is 15.3 Å². The Morgan fingerprint density at radius 2 is 2.28 bits per heavy atom. The summed E-state index contributed by atoms with van der Waals surface area (Å²) >= 11 is 0. The van der Waals surface area contributed by atoms with Gasteiger partial charge >= 0.3 is 0 Å². The fraction of sp³-hybridized carbons (Fsp3) is 0.800. The molecule has 1 fully saturated rings. The normalized spacial score (nSPS) is 29.2. The first-order chi connectivity index (χ1) is 8.61.